The molecule has 108 valence electrons. The molecule has 0 atom stereocenters. The lowest BCUT2D eigenvalue weighted by atomic mass is 10.1. The first kappa shape index (κ1) is 14.0. The third-order valence-electron chi connectivity index (χ3n) is 3.37. The van der Waals surface area contributed by atoms with Crippen LogP contribution in [0.4, 0.5) is 0 Å². The minimum Gasteiger partial charge on any atom is -0.468 e. The molecule has 2 aromatic heterocycles. The van der Waals surface area contributed by atoms with Gasteiger partial charge in [-0.25, -0.2) is 0 Å². The van der Waals surface area contributed by atoms with Gasteiger partial charge < -0.3 is 14.2 Å². The van der Waals surface area contributed by atoms with E-state index in [-0.39, 0.29) is 0 Å². The number of hydrogen-bond acceptors (Lipinski definition) is 3. The summed E-state index contributed by atoms with van der Waals surface area (Å²) in [6.45, 7) is 3.33. The monoisotopic (exact) mass is 301 g/mol. The summed E-state index contributed by atoms with van der Waals surface area (Å²) < 4.78 is 11.1. The van der Waals surface area contributed by atoms with E-state index in [1.165, 1.54) is 0 Å². The molecule has 3 nitrogen and oxygen atoms in total. The number of nitrogens with one attached hydrogen (secondary N) is 1. The van der Waals surface area contributed by atoms with Crippen molar-refractivity contribution in [2.45, 2.75) is 20.0 Å². The van der Waals surface area contributed by atoms with E-state index in [0.29, 0.717) is 13.1 Å². The highest BCUT2D eigenvalue weighted by Gasteiger charge is 2.09. The maximum Gasteiger partial charge on any atom is 0.134 e. The molecule has 0 fully saturated rings. The van der Waals surface area contributed by atoms with Gasteiger partial charge in [-0.1, -0.05) is 23.7 Å². The third-order valence-corrected chi connectivity index (χ3v) is 3.78. The van der Waals surface area contributed by atoms with Gasteiger partial charge in [0, 0.05) is 10.6 Å². The van der Waals surface area contributed by atoms with Crippen LogP contribution in [0, 0.1) is 6.92 Å². The van der Waals surface area contributed by atoms with Gasteiger partial charge in [-0.2, -0.15) is 0 Å². The van der Waals surface area contributed by atoms with E-state index in [9.17, 15) is 0 Å². The zero-order chi connectivity index (χ0) is 14.7. The molecule has 0 unspecified atom stereocenters. The van der Waals surface area contributed by atoms with Gasteiger partial charge in [-0.15, -0.1) is 0 Å². The number of hydrogen-bond donors (Lipinski definition) is 1. The van der Waals surface area contributed by atoms with Crippen LogP contribution in [0.1, 0.15) is 17.1 Å². The zero-order valence-corrected chi connectivity index (χ0v) is 12.5. The molecule has 0 aliphatic rings. The third kappa shape index (κ3) is 3.20. The molecular formula is C17H16ClNO2. The van der Waals surface area contributed by atoms with E-state index in [4.69, 9.17) is 20.4 Å². The summed E-state index contributed by atoms with van der Waals surface area (Å²) in [5, 5.41) is 4.03. The Kier molecular flexibility index (Phi) is 4.13. The van der Waals surface area contributed by atoms with Crippen LogP contribution in [0.3, 0.4) is 0 Å². The maximum absolute atomic E-state index is 6.15. The van der Waals surface area contributed by atoms with Crippen molar-refractivity contribution in [1.82, 2.24) is 5.32 Å². The molecule has 2 heterocycles. The second-order valence-electron chi connectivity index (χ2n) is 4.86. The number of benzene rings is 1. The van der Waals surface area contributed by atoms with Crippen molar-refractivity contribution < 1.29 is 8.83 Å². The summed E-state index contributed by atoms with van der Waals surface area (Å²) in [4.78, 5) is 0. The summed E-state index contributed by atoms with van der Waals surface area (Å²) in [6.07, 6.45) is 1.67. The molecule has 3 rings (SSSR count). The maximum atomic E-state index is 6.15. The molecule has 0 radical (unpaired) electrons. The molecule has 0 bridgehead atoms. The molecular weight excluding hydrogens is 286 g/mol. The summed E-state index contributed by atoms with van der Waals surface area (Å²) >= 11 is 6.15. The minimum atomic E-state index is 0.653. The largest absolute Gasteiger partial charge is 0.468 e. The zero-order valence-electron chi connectivity index (χ0n) is 11.7. The van der Waals surface area contributed by atoms with Crippen LogP contribution in [-0.4, -0.2) is 0 Å². The van der Waals surface area contributed by atoms with Gasteiger partial charge in [0.15, 0.2) is 0 Å². The van der Waals surface area contributed by atoms with Gasteiger partial charge in [-0.05, 0) is 42.8 Å². The van der Waals surface area contributed by atoms with Crippen molar-refractivity contribution in [3.63, 3.8) is 0 Å². The number of halogens is 1. The first-order valence-electron chi connectivity index (χ1n) is 6.81. The summed E-state index contributed by atoms with van der Waals surface area (Å²) in [6, 6.07) is 13.6. The Balaban J connectivity index is 1.67. The van der Waals surface area contributed by atoms with E-state index in [1.807, 2.05) is 49.4 Å². The normalized spacial score (nSPS) is 11.0. The van der Waals surface area contributed by atoms with Crippen molar-refractivity contribution >= 4 is 11.6 Å². The fourth-order valence-electron chi connectivity index (χ4n) is 2.21. The first-order valence-corrected chi connectivity index (χ1v) is 7.19. The van der Waals surface area contributed by atoms with Gasteiger partial charge in [0.25, 0.3) is 0 Å². The predicted molar refractivity (Wildman–Crippen MR) is 83.1 cm³/mol. The lowest BCUT2D eigenvalue weighted by Gasteiger charge is -2.04. The molecule has 3 aromatic rings. The van der Waals surface area contributed by atoms with Crippen LogP contribution in [0.15, 0.2) is 57.6 Å². The molecule has 0 saturated heterocycles. The molecule has 1 aromatic carbocycles. The molecule has 0 aliphatic heterocycles. The van der Waals surface area contributed by atoms with Crippen LogP contribution >= 0.6 is 11.6 Å². The van der Waals surface area contributed by atoms with Gasteiger partial charge in [-0.3, -0.25) is 0 Å². The van der Waals surface area contributed by atoms with Crippen molar-refractivity contribution in [3.05, 3.63) is 70.8 Å². The van der Waals surface area contributed by atoms with E-state index < -0.39 is 0 Å². The Hall–Kier alpha value is -1.97. The molecule has 0 saturated carbocycles. The topological polar surface area (TPSA) is 38.3 Å². The summed E-state index contributed by atoms with van der Waals surface area (Å²) in [5.41, 5.74) is 2.06. The van der Waals surface area contributed by atoms with Crippen molar-refractivity contribution in [1.29, 1.82) is 0 Å². The highest BCUT2D eigenvalue weighted by atomic mass is 35.5. The van der Waals surface area contributed by atoms with E-state index in [1.54, 1.807) is 6.26 Å². The molecule has 21 heavy (non-hydrogen) atoms. The smallest absolute Gasteiger partial charge is 0.134 e. The van der Waals surface area contributed by atoms with E-state index in [0.717, 1.165) is 33.4 Å². The van der Waals surface area contributed by atoms with Gasteiger partial charge in [0.05, 0.1) is 19.4 Å². The average molecular weight is 302 g/mol. The van der Waals surface area contributed by atoms with Crippen molar-refractivity contribution in [2.24, 2.45) is 0 Å². The summed E-state index contributed by atoms with van der Waals surface area (Å²) in [5.74, 6) is 2.63. The van der Waals surface area contributed by atoms with Crippen molar-refractivity contribution in [2.75, 3.05) is 0 Å². The number of furan rings is 2. The standard InChI is InChI=1S/C17H16ClNO2/c1-12-15(5-2-6-16(12)18)17-8-7-14(21-17)11-19-10-13-4-3-9-20-13/h2-9,19H,10-11H2,1H3. The summed E-state index contributed by atoms with van der Waals surface area (Å²) in [7, 11) is 0. The lowest BCUT2D eigenvalue weighted by Crippen LogP contribution is -2.11. The Morgan fingerprint density at radius 2 is 1.86 bits per heavy atom. The molecule has 0 aliphatic carbocycles. The second-order valence-corrected chi connectivity index (χ2v) is 5.27. The second kappa shape index (κ2) is 6.20. The highest BCUT2D eigenvalue weighted by molar-refractivity contribution is 6.31. The van der Waals surface area contributed by atoms with Crippen LogP contribution < -0.4 is 5.32 Å². The first-order chi connectivity index (χ1) is 10.2. The highest BCUT2D eigenvalue weighted by Crippen LogP contribution is 2.29. The Labute approximate surface area is 128 Å². The van der Waals surface area contributed by atoms with Gasteiger partial charge in [0.2, 0.25) is 0 Å². The number of rotatable bonds is 5. The van der Waals surface area contributed by atoms with Crippen LogP contribution in [0.2, 0.25) is 5.02 Å². The van der Waals surface area contributed by atoms with Crippen LogP contribution in [-0.2, 0) is 13.1 Å². The van der Waals surface area contributed by atoms with Gasteiger partial charge in [0.1, 0.15) is 17.3 Å². The Bertz CT molecular complexity index is 716. The quantitative estimate of drug-likeness (QED) is 0.736. The van der Waals surface area contributed by atoms with Crippen LogP contribution in [0.5, 0.6) is 0 Å². The van der Waals surface area contributed by atoms with E-state index >= 15 is 0 Å². The SMILES string of the molecule is Cc1c(Cl)cccc1-c1ccc(CNCc2ccco2)o1. The molecule has 0 amide bonds. The van der Waals surface area contributed by atoms with Gasteiger partial charge >= 0.3 is 0 Å². The van der Waals surface area contributed by atoms with Crippen LogP contribution in [0.25, 0.3) is 11.3 Å². The van der Waals surface area contributed by atoms with E-state index in [2.05, 4.69) is 5.32 Å². The van der Waals surface area contributed by atoms with Crippen molar-refractivity contribution in [3.8, 4) is 11.3 Å². The fraction of sp³-hybridized carbons (Fsp3) is 0.176. The Morgan fingerprint density at radius 1 is 1.00 bits per heavy atom. The Morgan fingerprint density at radius 3 is 2.67 bits per heavy atom. The molecule has 0 spiro atoms. The average Bonchev–Trinajstić information content (AvgIpc) is 3.14. The lowest BCUT2D eigenvalue weighted by molar-refractivity contribution is 0.455. The fourth-order valence-corrected chi connectivity index (χ4v) is 2.39. The predicted octanol–water partition coefficient (Wildman–Crippen LogP) is 4.79. The minimum absolute atomic E-state index is 0.653. The molecule has 4 heteroatoms. The molecule has 1 N–H and O–H groups in total.